The highest BCUT2D eigenvalue weighted by Gasteiger charge is 2.21. The monoisotopic (exact) mass is 215 g/mol. The van der Waals surface area contributed by atoms with Gasteiger partial charge < -0.3 is 10.4 Å². The van der Waals surface area contributed by atoms with E-state index in [-0.39, 0.29) is 12.1 Å². The summed E-state index contributed by atoms with van der Waals surface area (Å²) < 4.78 is 0. The van der Waals surface area contributed by atoms with Crippen LogP contribution in [0.25, 0.3) is 0 Å². The van der Waals surface area contributed by atoms with Crippen LogP contribution in [0.15, 0.2) is 0 Å². The summed E-state index contributed by atoms with van der Waals surface area (Å²) in [5, 5.41) is 12.9. The van der Waals surface area contributed by atoms with Gasteiger partial charge in [-0.05, 0) is 25.8 Å². The molecule has 0 bridgehead atoms. The van der Waals surface area contributed by atoms with E-state index in [1.165, 1.54) is 25.7 Å². The average Bonchev–Trinajstić information content (AvgIpc) is 2.22. The van der Waals surface area contributed by atoms with E-state index >= 15 is 0 Å². The van der Waals surface area contributed by atoms with Gasteiger partial charge in [0.15, 0.2) is 0 Å². The van der Waals surface area contributed by atoms with Crippen LogP contribution in [0, 0.1) is 5.92 Å². The first-order valence-electron chi connectivity index (χ1n) is 6.40. The molecule has 2 heteroatoms. The van der Waals surface area contributed by atoms with Crippen molar-refractivity contribution in [3.8, 4) is 0 Å². The molecular formula is C13H29NO. The second-order valence-corrected chi connectivity index (χ2v) is 5.30. The van der Waals surface area contributed by atoms with Crippen molar-refractivity contribution in [2.24, 2.45) is 5.92 Å². The Bertz CT molecular complexity index is 147. The normalized spacial score (nSPS) is 15.6. The molecule has 0 saturated carbocycles. The molecule has 2 nitrogen and oxygen atoms in total. The van der Waals surface area contributed by atoms with Crippen LogP contribution in [0.5, 0.6) is 0 Å². The summed E-state index contributed by atoms with van der Waals surface area (Å²) in [6, 6.07) is 0. The zero-order valence-electron chi connectivity index (χ0n) is 11.0. The van der Waals surface area contributed by atoms with E-state index in [2.05, 4.69) is 33.0 Å². The van der Waals surface area contributed by atoms with Gasteiger partial charge in [-0.25, -0.2) is 0 Å². The number of hydrogen-bond donors (Lipinski definition) is 2. The summed E-state index contributed by atoms with van der Waals surface area (Å²) in [6.07, 6.45) is 6.17. The summed E-state index contributed by atoms with van der Waals surface area (Å²) in [4.78, 5) is 0. The molecule has 0 aliphatic rings. The maximum atomic E-state index is 9.39. The van der Waals surface area contributed by atoms with Crippen molar-refractivity contribution in [2.45, 2.75) is 65.3 Å². The minimum absolute atomic E-state index is 0.0714. The first-order valence-corrected chi connectivity index (χ1v) is 6.40. The summed E-state index contributed by atoms with van der Waals surface area (Å²) in [5.74, 6) is 0.645. The highest BCUT2D eigenvalue weighted by Crippen LogP contribution is 2.15. The second-order valence-electron chi connectivity index (χ2n) is 5.30. The molecule has 0 spiro atoms. The van der Waals surface area contributed by atoms with Gasteiger partial charge in [-0.3, -0.25) is 0 Å². The van der Waals surface area contributed by atoms with Gasteiger partial charge in [-0.1, -0.05) is 46.5 Å². The molecule has 0 aliphatic heterocycles. The van der Waals surface area contributed by atoms with E-state index in [9.17, 15) is 5.11 Å². The topological polar surface area (TPSA) is 32.3 Å². The fourth-order valence-electron chi connectivity index (χ4n) is 1.62. The molecule has 15 heavy (non-hydrogen) atoms. The first-order chi connectivity index (χ1) is 7.04. The third-order valence-electron chi connectivity index (χ3n) is 2.87. The van der Waals surface area contributed by atoms with Gasteiger partial charge in [-0.2, -0.15) is 0 Å². The summed E-state index contributed by atoms with van der Waals surface area (Å²) in [7, 11) is 0. The van der Waals surface area contributed by atoms with Gasteiger partial charge in [0.05, 0.1) is 6.61 Å². The van der Waals surface area contributed by atoms with Crippen molar-refractivity contribution in [1.29, 1.82) is 0 Å². The van der Waals surface area contributed by atoms with Gasteiger partial charge in [0, 0.05) is 5.54 Å². The molecular weight excluding hydrogens is 186 g/mol. The predicted molar refractivity (Wildman–Crippen MR) is 67.1 cm³/mol. The van der Waals surface area contributed by atoms with Crippen LogP contribution in [-0.2, 0) is 0 Å². The smallest absolute Gasteiger partial charge is 0.0610 e. The summed E-state index contributed by atoms with van der Waals surface area (Å²) in [5.41, 5.74) is -0.0714. The number of nitrogens with one attached hydrogen (secondary N) is 1. The zero-order chi connectivity index (χ0) is 11.7. The molecule has 0 heterocycles. The Labute approximate surface area is 95.5 Å². The van der Waals surface area contributed by atoms with Crippen molar-refractivity contribution >= 4 is 0 Å². The number of aliphatic hydroxyl groups is 1. The van der Waals surface area contributed by atoms with Crippen LogP contribution in [0.2, 0.25) is 0 Å². The molecule has 0 aromatic carbocycles. The van der Waals surface area contributed by atoms with Crippen molar-refractivity contribution in [3.63, 3.8) is 0 Å². The maximum Gasteiger partial charge on any atom is 0.0610 e. The fraction of sp³-hybridized carbons (Fsp3) is 1.00. The van der Waals surface area contributed by atoms with E-state index in [1.807, 2.05) is 0 Å². The third-order valence-corrected chi connectivity index (χ3v) is 2.87. The van der Waals surface area contributed by atoms with E-state index in [1.54, 1.807) is 0 Å². The lowest BCUT2D eigenvalue weighted by Gasteiger charge is -2.30. The number of aliphatic hydroxyl groups excluding tert-OH is 1. The minimum Gasteiger partial charge on any atom is -0.394 e. The number of unbranched alkanes of at least 4 members (excludes halogenated alkanes) is 3. The van der Waals surface area contributed by atoms with Crippen LogP contribution >= 0.6 is 0 Å². The lowest BCUT2D eigenvalue weighted by Crippen LogP contribution is -2.47. The van der Waals surface area contributed by atoms with Gasteiger partial charge in [0.2, 0.25) is 0 Å². The summed E-state index contributed by atoms with van der Waals surface area (Å²) >= 11 is 0. The van der Waals surface area contributed by atoms with E-state index in [0.717, 1.165) is 13.0 Å². The molecule has 1 unspecified atom stereocenters. The molecule has 0 aliphatic carbocycles. The van der Waals surface area contributed by atoms with Crippen LogP contribution < -0.4 is 5.32 Å². The molecule has 0 amide bonds. The minimum atomic E-state index is -0.0714. The summed E-state index contributed by atoms with van der Waals surface area (Å²) in [6.45, 7) is 9.98. The predicted octanol–water partition coefficient (Wildman–Crippen LogP) is 2.95. The van der Waals surface area contributed by atoms with Crippen LogP contribution in [0.1, 0.15) is 59.8 Å². The van der Waals surface area contributed by atoms with Crippen molar-refractivity contribution in [1.82, 2.24) is 5.32 Å². The lowest BCUT2D eigenvalue weighted by molar-refractivity contribution is 0.159. The van der Waals surface area contributed by atoms with E-state index < -0.39 is 0 Å². The Morgan fingerprint density at radius 3 is 2.33 bits per heavy atom. The molecule has 92 valence electrons. The zero-order valence-corrected chi connectivity index (χ0v) is 11.0. The van der Waals surface area contributed by atoms with Gasteiger partial charge in [-0.15, -0.1) is 0 Å². The molecule has 0 rings (SSSR count). The molecule has 0 radical (unpaired) electrons. The third kappa shape index (κ3) is 7.80. The SMILES string of the molecule is CCCCCCC(C)(CO)NCC(C)C. The first kappa shape index (κ1) is 14.9. The molecule has 0 aromatic heterocycles. The largest absolute Gasteiger partial charge is 0.394 e. The molecule has 0 fully saturated rings. The van der Waals surface area contributed by atoms with Crippen molar-refractivity contribution in [2.75, 3.05) is 13.2 Å². The van der Waals surface area contributed by atoms with Crippen LogP contribution in [-0.4, -0.2) is 23.8 Å². The van der Waals surface area contributed by atoms with Crippen molar-refractivity contribution in [3.05, 3.63) is 0 Å². The standard InChI is InChI=1S/C13H29NO/c1-5-6-7-8-9-13(4,11-15)14-10-12(2)3/h12,14-15H,5-11H2,1-4H3. The second kappa shape index (κ2) is 8.12. The molecule has 0 saturated heterocycles. The van der Waals surface area contributed by atoms with Gasteiger partial charge in [0.25, 0.3) is 0 Å². The Morgan fingerprint density at radius 2 is 1.87 bits per heavy atom. The highest BCUT2D eigenvalue weighted by molar-refractivity contribution is 4.82. The Hall–Kier alpha value is -0.0800. The van der Waals surface area contributed by atoms with E-state index in [4.69, 9.17) is 0 Å². The fourth-order valence-corrected chi connectivity index (χ4v) is 1.62. The van der Waals surface area contributed by atoms with E-state index in [0.29, 0.717) is 5.92 Å². The Morgan fingerprint density at radius 1 is 1.20 bits per heavy atom. The lowest BCUT2D eigenvalue weighted by atomic mass is 9.94. The van der Waals surface area contributed by atoms with Crippen molar-refractivity contribution < 1.29 is 5.11 Å². The molecule has 2 N–H and O–H groups in total. The average molecular weight is 215 g/mol. The maximum absolute atomic E-state index is 9.39. The molecule has 0 aromatic rings. The van der Waals surface area contributed by atoms with Crippen LogP contribution in [0.3, 0.4) is 0 Å². The van der Waals surface area contributed by atoms with Gasteiger partial charge in [0.1, 0.15) is 0 Å². The number of hydrogen-bond acceptors (Lipinski definition) is 2. The van der Waals surface area contributed by atoms with Crippen LogP contribution in [0.4, 0.5) is 0 Å². The Balaban J connectivity index is 3.75. The Kier molecular flexibility index (Phi) is 8.07. The van der Waals surface area contributed by atoms with Gasteiger partial charge >= 0.3 is 0 Å². The quantitative estimate of drug-likeness (QED) is 0.580. The molecule has 1 atom stereocenters. The number of rotatable bonds is 9. The highest BCUT2D eigenvalue weighted by atomic mass is 16.3.